The molecule has 0 unspecified atom stereocenters. The molecule has 0 fully saturated rings. The van der Waals surface area contributed by atoms with E-state index in [-0.39, 0.29) is 11.7 Å². The predicted molar refractivity (Wildman–Crippen MR) is 78.5 cm³/mol. The summed E-state index contributed by atoms with van der Waals surface area (Å²) in [5, 5.41) is 11.5. The molecule has 0 aromatic carbocycles. The molecule has 0 radical (unpaired) electrons. The van der Waals surface area contributed by atoms with Gasteiger partial charge in [-0.15, -0.1) is 16.8 Å². The SMILES string of the molecule is C=CCn1c(C)nnc1SCC(=O)Nc1ccccn1. The molecule has 1 N–H and O–H groups in total. The van der Waals surface area contributed by atoms with Gasteiger partial charge in [0.2, 0.25) is 5.91 Å². The Balaban J connectivity index is 1.92. The standard InChI is InChI=1S/C13H15N5OS/c1-3-8-18-10(2)16-17-13(18)20-9-12(19)15-11-6-4-5-7-14-11/h3-7H,1,8-9H2,2H3,(H,14,15,19). The molecule has 20 heavy (non-hydrogen) atoms. The molecule has 0 aliphatic carbocycles. The molecule has 0 aliphatic rings. The van der Waals surface area contributed by atoms with Gasteiger partial charge < -0.3 is 9.88 Å². The van der Waals surface area contributed by atoms with Crippen LogP contribution in [0, 0.1) is 6.92 Å². The van der Waals surface area contributed by atoms with Crippen molar-refractivity contribution in [3.8, 4) is 0 Å². The molecule has 0 saturated carbocycles. The van der Waals surface area contributed by atoms with Crippen LogP contribution in [-0.4, -0.2) is 31.4 Å². The highest BCUT2D eigenvalue weighted by Gasteiger charge is 2.11. The van der Waals surface area contributed by atoms with Gasteiger partial charge in [-0.1, -0.05) is 23.9 Å². The summed E-state index contributed by atoms with van der Waals surface area (Å²) in [6.45, 7) is 6.19. The first-order valence-electron chi connectivity index (χ1n) is 6.05. The zero-order valence-corrected chi connectivity index (χ0v) is 11.9. The molecule has 2 aromatic rings. The van der Waals surface area contributed by atoms with Gasteiger partial charge in [-0.05, 0) is 19.1 Å². The highest BCUT2D eigenvalue weighted by Crippen LogP contribution is 2.17. The number of anilines is 1. The van der Waals surface area contributed by atoms with E-state index >= 15 is 0 Å². The van der Waals surface area contributed by atoms with Gasteiger partial charge in [0, 0.05) is 12.7 Å². The Labute approximate surface area is 121 Å². The van der Waals surface area contributed by atoms with Crippen molar-refractivity contribution in [3.63, 3.8) is 0 Å². The summed E-state index contributed by atoms with van der Waals surface area (Å²) in [6, 6.07) is 5.36. The molecule has 0 bridgehead atoms. The molecule has 2 aromatic heterocycles. The maximum absolute atomic E-state index is 11.8. The van der Waals surface area contributed by atoms with Crippen molar-refractivity contribution >= 4 is 23.5 Å². The van der Waals surface area contributed by atoms with Gasteiger partial charge >= 0.3 is 0 Å². The lowest BCUT2D eigenvalue weighted by atomic mass is 10.4. The fourth-order valence-electron chi connectivity index (χ4n) is 1.55. The van der Waals surface area contributed by atoms with E-state index in [2.05, 4.69) is 27.1 Å². The highest BCUT2D eigenvalue weighted by molar-refractivity contribution is 7.99. The number of rotatable bonds is 6. The molecular formula is C13H15N5OS. The van der Waals surface area contributed by atoms with Gasteiger partial charge in [-0.2, -0.15) is 0 Å². The Morgan fingerprint density at radius 3 is 3.05 bits per heavy atom. The van der Waals surface area contributed by atoms with Crippen LogP contribution in [0.1, 0.15) is 5.82 Å². The zero-order valence-electron chi connectivity index (χ0n) is 11.1. The fourth-order valence-corrected chi connectivity index (χ4v) is 2.35. The van der Waals surface area contributed by atoms with Gasteiger partial charge in [0.05, 0.1) is 5.75 Å². The molecule has 0 aliphatic heterocycles. The molecule has 6 nitrogen and oxygen atoms in total. The number of nitrogens with one attached hydrogen (secondary N) is 1. The van der Waals surface area contributed by atoms with Crippen molar-refractivity contribution in [2.75, 3.05) is 11.1 Å². The average molecular weight is 289 g/mol. The quantitative estimate of drug-likeness (QED) is 0.649. The lowest BCUT2D eigenvalue weighted by Crippen LogP contribution is -2.15. The van der Waals surface area contributed by atoms with Gasteiger partial charge in [-0.3, -0.25) is 4.79 Å². The summed E-state index contributed by atoms with van der Waals surface area (Å²) < 4.78 is 1.91. The van der Waals surface area contributed by atoms with E-state index in [9.17, 15) is 4.79 Å². The van der Waals surface area contributed by atoms with Crippen LogP contribution in [0.2, 0.25) is 0 Å². The first-order valence-corrected chi connectivity index (χ1v) is 7.03. The minimum Gasteiger partial charge on any atom is -0.310 e. The van der Waals surface area contributed by atoms with Crippen molar-refractivity contribution < 1.29 is 4.79 Å². The first-order chi connectivity index (χ1) is 9.70. The number of carbonyl (C=O) groups excluding carboxylic acids is 1. The molecule has 104 valence electrons. The largest absolute Gasteiger partial charge is 0.310 e. The van der Waals surface area contributed by atoms with Crippen LogP contribution in [0.15, 0.2) is 42.2 Å². The van der Waals surface area contributed by atoms with Crippen LogP contribution in [-0.2, 0) is 11.3 Å². The number of aromatic nitrogens is 4. The Kier molecular flexibility index (Phi) is 4.89. The lowest BCUT2D eigenvalue weighted by Gasteiger charge is -2.05. The number of thioether (sulfide) groups is 1. The second-order valence-electron chi connectivity index (χ2n) is 3.98. The number of hydrogen-bond donors (Lipinski definition) is 1. The maximum Gasteiger partial charge on any atom is 0.236 e. The first kappa shape index (κ1) is 14.3. The molecular weight excluding hydrogens is 274 g/mol. The fraction of sp³-hybridized carbons (Fsp3) is 0.231. The molecule has 0 atom stereocenters. The van der Waals surface area contributed by atoms with Crippen molar-refractivity contribution in [3.05, 3.63) is 42.9 Å². The van der Waals surface area contributed by atoms with Crippen LogP contribution >= 0.6 is 11.8 Å². The lowest BCUT2D eigenvalue weighted by molar-refractivity contribution is -0.113. The van der Waals surface area contributed by atoms with Gasteiger partial charge in [0.25, 0.3) is 0 Å². The van der Waals surface area contributed by atoms with Crippen LogP contribution in [0.25, 0.3) is 0 Å². The van der Waals surface area contributed by atoms with Crippen LogP contribution in [0.5, 0.6) is 0 Å². The summed E-state index contributed by atoms with van der Waals surface area (Å²) in [6.07, 6.45) is 3.40. The van der Waals surface area contributed by atoms with Crippen LogP contribution in [0.4, 0.5) is 5.82 Å². The Morgan fingerprint density at radius 1 is 1.50 bits per heavy atom. The number of hydrogen-bond acceptors (Lipinski definition) is 5. The number of nitrogens with zero attached hydrogens (tertiary/aromatic N) is 4. The Hall–Kier alpha value is -2.15. The third-order valence-corrected chi connectivity index (χ3v) is 3.44. The van der Waals surface area contributed by atoms with E-state index in [1.165, 1.54) is 11.8 Å². The topological polar surface area (TPSA) is 72.7 Å². The number of pyridine rings is 1. The molecule has 1 amide bonds. The van der Waals surface area contributed by atoms with Gasteiger partial charge in [0.1, 0.15) is 11.6 Å². The van der Waals surface area contributed by atoms with Crippen LogP contribution < -0.4 is 5.32 Å². The number of carbonyl (C=O) groups is 1. The van der Waals surface area contributed by atoms with Crippen molar-refractivity contribution in [1.29, 1.82) is 0 Å². The van der Waals surface area contributed by atoms with E-state index in [0.717, 1.165) is 5.82 Å². The summed E-state index contributed by atoms with van der Waals surface area (Å²) in [4.78, 5) is 15.8. The number of amides is 1. The van der Waals surface area contributed by atoms with E-state index < -0.39 is 0 Å². The summed E-state index contributed by atoms with van der Waals surface area (Å²) in [5.74, 6) is 1.48. The zero-order chi connectivity index (χ0) is 14.4. The van der Waals surface area contributed by atoms with Crippen LogP contribution in [0.3, 0.4) is 0 Å². The van der Waals surface area contributed by atoms with E-state index in [4.69, 9.17) is 0 Å². The summed E-state index contributed by atoms with van der Waals surface area (Å²) >= 11 is 1.34. The molecule has 7 heteroatoms. The van der Waals surface area contributed by atoms with Crippen molar-refractivity contribution in [1.82, 2.24) is 19.7 Å². The monoisotopic (exact) mass is 289 g/mol. The normalized spacial score (nSPS) is 10.2. The Bertz CT molecular complexity index is 596. The smallest absolute Gasteiger partial charge is 0.236 e. The molecule has 0 spiro atoms. The highest BCUT2D eigenvalue weighted by atomic mass is 32.2. The van der Waals surface area contributed by atoms with E-state index in [1.807, 2.05) is 17.6 Å². The van der Waals surface area contributed by atoms with Crippen molar-refractivity contribution in [2.45, 2.75) is 18.6 Å². The van der Waals surface area contributed by atoms with E-state index in [0.29, 0.717) is 17.5 Å². The minimum absolute atomic E-state index is 0.125. The second-order valence-corrected chi connectivity index (χ2v) is 4.92. The third-order valence-electron chi connectivity index (χ3n) is 2.48. The predicted octanol–water partition coefficient (Wildman–Crippen LogP) is 1.90. The number of allylic oxidation sites excluding steroid dienone is 1. The average Bonchev–Trinajstić information content (AvgIpc) is 2.79. The maximum atomic E-state index is 11.8. The third kappa shape index (κ3) is 3.67. The summed E-state index contributed by atoms with van der Waals surface area (Å²) in [5.41, 5.74) is 0. The van der Waals surface area contributed by atoms with Gasteiger partial charge in [0.15, 0.2) is 5.16 Å². The second kappa shape index (κ2) is 6.85. The minimum atomic E-state index is -0.125. The molecule has 2 rings (SSSR count). The van der Waals surface area contributed by atoms with E-state index in [1.54, 1.807) is 24.4 Å². The van der Waals surface area contributed by atoms with Crippen molar-refractivity contribution in [2.24, 2.45) is 0 Å². The molecule has 0 saturated heterocycles. The summed E-state index contributed by atoms with van der Waals surface area (Å²) in [7, 11) is 0. The Morgan fingerprint density at radius 2 is 2.35 bits per heavy atom. The van der Waals surface area contributed by atoms with Gasteiger partial charge in [-0.25, -0.2) is 4.98 Å². The number of aryl methyl sites for hydroxylation is 1. The molecule has 2 heterocycles.